The van der Waals surface area contributed by atoms with Crippen molar-refractivity contribution in [3.63, 3.8) is 0 Å². The molecule has 13 nitrogen and oxygen atoms in total. The Hall–Kier alpha value is -3.47. The van der Waals surface area contributed by atoms with Crippen LogP contribution in [0.3, 0.4) is 0 Å². The molecule has 2 aromatic heterocycles. The molecule has 0 fully saturated rings. The first-order valence-electron chi connectivity index (χ1n) is 14.7. The number of aromatic nitrogens is 4. The van der Waals surface area contributed by atoms with Crippen molar-refractivity contribution in [3.8, 4) is 28.9 Å². The average molecular weight is 883 g/mol. The van der Waals surface area contributed by atoms with Crippen LogP contribution in [0.2, 0.25) is 15.7 Å². The van der Waals surface area contributed by atoms with Crippen LogP contribution in [-0.2, 0) is 0 Å². The van der Waals surface area contributed by atoms with Crippen molar-refractivity contribution in [3.05, 3.63) is 84.6 Å². The third-order valence-corrected chi connectivity index (χ3v) is 8.19. The summed E-state index contributed by atoms with van der Waals surface area (Å²) >= 11 is 22.9. The molecule has 0 saturated carbocycles. The lowest BCUT2D eigenvalue weighted by molar-refractivity contribution is 0.0949. The minimum absolute atomic E-state index is 0.00449. The third kappa shape index (κ3) is 14.4. The molecule has 2 amide bonds. The Morgan fingerprint density at radius 3 is 1.64 bits per heavy atom. The SMILES string of the molecule is CCN(C(C)C)C(C)C.CNC(=O)c1c(O)cccc1O.CNC(=O)c1c(O)cccc1Oc1nc(Cl)ncc1Br.Clc1ncc(Br)c(Cl)n1. The van der Waals surface area contributed by atoms with Crippen LogP contribution in [0.5, 0.6) is 28.9 Å². The highest BCUT2D eigenvalue weighted by Gasteiger charge is 2.18. The fraction of sp³-hybridized carbons (Fsp3) is 0.312. The number of amides is 2. The number of ether oxygens (including phenoxy) is 1. The Kier molecular flexibility index (Phi) is 19.9. The number of halogens is 5. The third-order valence-electron chi connectivity index (χ3n) is 6.19. The standard InChI is InChI=1S/C12H9BrClN3O3.C8H9NO3.C8H19N.C4HBrCl2N2/c1-15-10(19)9-7(18)3-2-4-8(9)20-11-6(13)5-16-12(14)17-11;1-9-8(12)7-5(10)3-2-4-6(7)11;1-6-9(7(2)3)8(4)5;5-2-1-8-4(7)9-3(2)6/h2-5,18H,1H3,(H,15,19);2-4,10-11H,1H3,(H,9,12);7-8H,6H2,1-5H3;1H. The maximum Gasteiger partial charge on any atom is 0.258 e. The van der Waals surface area contributed by atoms with Crippen molar-refractivity contribution in [2.45, 2.75) is 46.7 Å². The summed E-state index contributed by atoms with van der Waals surface area (Å²) < 4.78 is 6.63. The highest BCUT2D eigenvalue weighted by atomic mass is 79.9. The summed E-state index contributed by atoms with van der Waals surface area (Å²) in [7, 11) is 2.88. The number of carbonyl (C=O) groups excluding carboxylic acids is 2. The molecule has 5 N–H and O–H groups in total. The Balaban J connectivity index is 0.000000358. The highest BCUT2D eigenvalue weighted by Crippen LogP contribution is 2.33. The lowest BCUT2D eigenvalue weighted by Gasteiger charge is -2.28. The van der Waals surface area contributed by atoms with Gasteiger partial charge in [-0.05, 0) is 114 Å². The number of phenols is 3. The number of aromatic hydroxyl groups is 3. The van der Waals surface area contributed by atoms with Gasteiger partial charge in [-0.2, -0.15) is 4.98 Å². The van der Waals surface area contributed by atoms with E-state index in [0.717, 1.165) is 6.54 Å². The number of rotatable bonds is 7. The Morgan fingerprint density at radius 2 is 1.22 bits per heavy atom. The molecule has 18 heteroatoms. The minimum atomic E-state index is -0.509. The lowest BCUT2D eigenvalue weighted by Crippen LogP contribution is -2.36. The van der Waals surface area contributed by atoms with Gasteiger partial charge < -0.3 is 30.7 Å². The molecule has 0 bridgehead atoms. The second kappa shape index (κ2) is 22.4. The molecule has 0 saturated heterocycles. The second-order valence-electron chi connectivity index (χ2n) is 10.2. The smallest absolute Gasteiger partial charge is 0.258 e. The number of hydrogen-bond donors (Lipinski definition) is 5. The lowest BCUT2D eigenvalue weighted by atomic mass is 10.1. The van der Waals surface area contributed by atoms with E-state index in [1.165, 1.54) is 56.8 Å². The van der Waals surface area contributed by atoms with Gasteiger partial charge in [0.05, 0.1) is 8.95 Å². The van der Waals surface area contributed by atoms with Gasteiger partial charge in [-0.15, -0.1) is 0 Å². The molecule has 0 unspecified atom stereocenters. The van der Waals surface area contributed by atoms with Crippen LogP contribution in [0, 0.1) is 0 Å². The van der Waals surface area contributed by atoms with E-state index in [-0.39, 0.29) is 50.6 Å². The van der Waals surface area contributed by atoms with E-state index in [4.69, 9.17) is 39.5 Å². The van der Waals surface area contributed by atoms with Crippen molar-refractivity contribution in [2.24, 2.45) is 0 Å². The molecule has 50 heavy (non-hydrogen) atoms. The van der Waals surface area contributed by atoms with Crippen molar-refractivity contribution in [1.29, 1.82) is 0 Å². The molecule has 4 rings (SSSR count). The number of benzene rings is 2. The van der Waals surface area contributed by atoms with Gasteiger partial charge in [0.25, 0.3) is 11.8 Å². The molecule has 4 aromatic rings. The summed E-state index contributed by atoms with van der Waals surface area (Å²) in [5, 5.41) is 33.3. The molecule has 2 heterocycles. The van der Waals surface area contributed by atoms with Crippen LogP contribution in [0.4, 0.5) is 0 Å². The predicted octanol–water partition coefficient (Wildman–Crippen LogP) is 7.88. The van der Waals surface area contributed by atoms with E-state index in [1.54, 1.807) is 6.07 Å². The molecule has 0 atom stereocenters. The highest BCUT2D eigenvalue weighted by molar-refractivity contribution is 9.10. The first-order valence-corrected chi connectivity index (χ1v) is 17.4. The molecule has 0 aliphatic heterocycles. The molecular weight excluding hydrogens is 845 g/mol. The summed E-state index contributed by atoms with van der Waals surface area (Å²) in [6.07, 6.45) is 2.92. The van der Waals surface area contributed by atoms with Gasteiger partial charge in [-0.25, -0.2) is 15.0 Å². The molecule has 0 aliphatic carbocycles. The molecule has 0 radical (unpaired) electrons. The predicted molar refractivity (Wildman–Crippen MR) is 202 cm³/mol. The topological polar surface area (TPSA) is 183 Å². The summed E-state index contributed by atoms with van der Waals surface area (Å²) in [6, 6.07) is 9.98. The Bertz CT molecular complexity index is 1690. The van der Waals surface area contributed by atoms with Crippen LogP contribution in [0.25, 0.3) is 0 Å². The summed E-state index contributed by atoms with van der Waals surface area (Å²) in [5.41, 5.74) is -0.0864. The first-order chi connectivity index (χ1) is 23.5. The monoisotopic (exact) mass is 879 g/mol. The number of nitrogens with zero attached hydrogens (tertiary/aromatic N) is 5. The van der Waals surface area contributed by atoms with Crippen molar-refractivity contribution < 1.29 is 29.6 Å². The van der Waals surface area contributed by atoms with Gasteiger partial charge >= 0.3 is 0 Å². The van der Waals surface area contributed by atoms with Crippen molar-refractivity contribution >= 4 is 78.5 Å². The summed E-state index contributed by atoms with van der Waals surface area (Å²) in [4.78, 5) is 40.2. The van der Waals surface area contributed by atoms with E-state index >= 15 is 0 Å². The largest absolute Gasteiger partial charge is 0.507 e. The minimum Gasteiger partial charge on any atom is -0.507 e. The van der Waals surface area contributed by atoms with Crippen molar-refractivity contribution in [2.75, 3.05) is 20.6 Å². The van der Waals surface area contributed by atoms with E-state index in [0.29, 0.717) is 26.2 Å². The zero-order chi connectivity index (χ0) is 38.1. The first kappa shape index (κ1) is 44.6. The van der Waals surface area contributed by atoms with E-state index in [2.05, 4.69) is 102 Å². The molecule has 0 aliphatic rings. The van der Waals surface area contributed by atoms with Crippen LogP contribution < -0.4 is 15.4 Å². The van der Waals surface area contributed by atoms with Crippen LogP contribution >= 0.6 is 66.7 Å². The zero-order valence-corrected chi connectivity index (χ0v) is 33.6. The molecule has 272 valence electrons. The van der Waals surface area contributed by atoms with Crippen molar-refractivity contribution in [1.82, 2.24) is 35.5 Å². The van der Waals surface area contributed by atoms with E-state index in [9.17, 15) is 24.9 Å². The Labute approximate surface area is 322 Å². The number of nitrogens with one attached hydrogen (secondary N) is 2. The van der Waals surface area contributed by atoms with Crippen LogP contribution in [-0.4, -0.2) is 84.7 Å². The van der Waals surface area contributed by atoms with Gasteiger partial charge in [0.1, 0.15) is 39.3 Å². The normalized spacial score (nSPS) is 10.2. The molecule has 0 spiro atoms. The van der Waals surface area contributed by atoms with Crippen LogP contribution in [0.1, 0.15) is 55.3 Å². The molecular formula is C32H38Br2Cl3N7O6. The fourth-order valence-corrected chi connectivity index (χ4v) is 4.90. The summed E-state index contributed by atoms with van der Waals surface area (Å²) in [6.45, 7) is 12.3. The maximum absolute atomic E-state index is 11.8. The fourth-order valence-electron chi connectivity index (χ4n) is 4.00. The molecule has 2 aromatic carbocycles. The quantitative estimate of drug-likeness (QED) is 0.0900. The second-order valence-corrected chi connectivity index (χ2v) is 12.9. The maximum atomic E-state index is 11.8. The van der Waals surface area contributed by atoms with Gasteiger partial charge in [-0.1, -0.05) is 30.7 Å². The number of phenolic OH excluding ortho intramolecular Hbond substituents is 3. The summed E-state index contributed by atoms with van der Waals surface area (Å²) in [5.74, 6) is -1.35. The van der Waals surface area contributed by atoms with Gasteiger partial charge in [0.2, 0.25) is 16.4 Å². The van der Waals surface area contributed by atoms with Gasteiger partial charge in [0, 0.05) is 38.6 Å². The number of hydrogen-bond acceptors (Lipinski definition) is 11. The van der Waals surface area contributed by atoms with Gasteiger partial charge in [-0.3, -0.25) is 14.5 Å². The van der Waals surface area contributed by atoms with E-state index in [1.807, 2.05) is 0 Å². The average Bonchev–Trinajstić information content (AvgIpc) is 3.05. The Morgan fingerprint density at radius 1 is 0.780 bits per heavy atom. The van der Waals surface area contributed by atoms with Crippen LogP contribution in [0.15, 0.2) is 57.7 Å². The van der Waals surface area contributed by atoms with E-state index < -0.39 is 11.8 Å². The number of carbonyl (C=O) groups is 2. The zero-order valence-electron chi connectivity index (χ0n) is 28.2. The van der Waals surface area contributed by atoms with Gasteiger partial charge in [0.15, 0.2) is 0 Å².